The van der Waals surface area contributed by atoms with Crippen molar-refractivity contribution in [3.63, 3.8) is 0 Å². The Labute approximate surface area is 202 Å². The van der Waals surface area contributed by atoms with Gasteiger partial charge in [-0.05, 0) is 40.5 Å². The molecule has 0 aromatic carbocycles. The number of carbonyl (C=O) groups excluding carboxylic acids is 2. The number of esters is 1. The molecular weight excluding hydrogens is 466 g/mol. The van der Waals surface area contributed by atoms with Crippen molar-refractivity contribution >= 4 is 40.2 Å². The Balaban J connectivity index is 2.27. The van der Waals surface area contributed by atoms with E-state index in [9.17, 15) is 19.5 Å². The van der Waals surface area contributed by atoms with E-state index >= 15 is 0 Å². The summed E-state index contributed by atoms with van der Waals surface area (Å²) >= 11 is 0.993. The molecule has 1 amide bonds. The van der Waals surface area contributed by atoms with Gasteiger partial charge in [-0.25, -0.2) is 19.4 Å². The topological polar surface area (TPSA) is 146 Å². The van der Waals surface area contributed by atoms with Crippen molar-refractivity contribution in [3.05, 3.63) is 11.1 Å². The lowest BCUT2D eigenvalue weighted by Crippen LogP contribution is -2.53. The SMILES string of the molecule is CC(C)COC(=O)C1(O/N=C(\C(=O)O)c2csc(NC(=O)OC(C)(C)C)n2)CCOC(C)(C)C1. The number of carboxylic acids is 1. The number of aromatic nitrogens is 1. The van der Waals surface area contributed by atoms with Gasteiger partial charge in [0.2, 0.25) is 11.3 Å². The smallest absolute Gasteiger partial charge is 0.413 e. The highest BCUT2D eigenvalue weighted by atomic mass is 32.1. The van der Waals surface area contributed by atoms with Crippen molar-refractivity contribution in [1.29, 1.82) is 0 Å². The second kappa shape index (κ2) is 10.7. The zero-order valence-electron chi connectivity index (χ0n) is 20.6. The summed E-state index contributed by atoms with van der Waals surface area (Å²) in [6.45, 7) is 13.0. The standard InChI is InChI=1S/C22H33N3O8S/c1-13(2)10-30-17(28)22(8-9-31-21(6,7)12-22)33-25-15(16(26)27)14-11-34-18(23-14)24-19(29)32-20(3,4)5/h11,13H,8-10,12H2,1-7H3,(H,26,27)(H,23,24,29)/b25-15-. The third-order valence-electron chi connectivity index (χ3n) is 4.50. The number of ether oxygens (including phenoxy) is 3. The van der Waals surface area contributed by atoms with E-state index in [1.54, 1.807) is 34.6 Å². The van der Waals surface area contributed by atoms with Gasteiger partial charge in [0.05, 0.1) is 18.8 Å². The first-order valence-corrected chi connectivity index (χ1v) is 11.8. The molecule has 190 valence electrons. The predicted molar refractivity (Wildman–Crippen MR) is 125 cm³/mol. The van der Waals surface area contributed by atoms with Gasteiger partial charge in [0.25, 0.3) is 0 Å². The molecule has 0 bridgehead atoms. The molecule has 1 aromatic heterocycles. The van der Waals surface area contributed by atoms with Gasteiger partial charge >= 0.3 is 18.0 Å². The molecule has 1 saturated heterocycles. The van der Waals surface area contributed by atoms with Gasteiger partial charge in [-0.3, -0.25) is 5.32 Å². The molecule has 0 aliphatic carbocycles. The van der Waals surface area contributed by atoms with Gasteiger partial charge in [0, 0.05) is 18.2 Å². The van der Waals surface area contributed by atoms with Crippen LogP contribution in [0.1, 0.15) is 67.0 Å². The van der Waals surface area contributed by atoms with E-state index < -0.39 is 40.5 Å². The molecule has 0 radical (unpaired) electrons. The van der Waals surface area contributed by atoms with Crippen LogP contribution in [0, 0.1) is 5.92 Å². The van der Waals surface area contributed by atoms with Crippen LogP contribution in [0.5, 0.6) is 0 Å². The van der Waals surface area contributed by atoms with E-state index in [4.69, 9.17) is 19.0 Å². The lowest BCUT2D eigenvalue weighted by molar-refractivity contribution is -0.204. The van der Waals surface area contributed by atoms with Crippen molar-refractivity contribution in [2.24, 2.45) is 11.1 Å². The van der Waals surface area contributed by atoms with Crippen molar-refractivity contribution in [2.45, 2.75) is 78.1 Å². The second-order valence-electron chi connectivity index (χ2n) is 10.0. The maximum absolute atomic E-state index is 13.0. The van der Waals surface area contributed by atoms with Crippen LogP contribution >= 0.6 is 11.3 Å². The summed E-state index contributed by atoms with van der Waals surface area (Å²) in [6.07, 6.45) is -0.461. The highest BCUT2D eigenvalue weighted by Crippen LogP contribution is 2.36. The minimum atomic E-state index is -1.51. The Hall–Kier alpha value is -2.73. The second-order valence-corrected chi connectivity index (χ2v) is 10.9. The van der Waals surface area contributed by atoms with Gasteiger partial charge in [0.15, 0.2) is 5.13 Å². The zero-order chi connectivity index (χ0) is 25.7. The maximum Gasteiger partial charge on any atom is 0.413 e. The summed E-state index contributed by atoms with van der Waals surface area (Å²) in [5.74, 6) is -1.93. The maximum atomic E-state index is 13.0. The molecule has 1 atom stereocenters. The van der Waals surface area contributed by atoms with Gasteiger partial charge in [0.1, 0.15) is 11.3 Å². The molecule has 2 rings (SSSR count). The van der Waals surface area contributed by atoms with E-state index in [0.29, 0.717) is 0 Å². The van der Waals surface area contributed by atoms with E-state index in [0.717, 1.165) is 11.3 Å². The van der Waals surface area contributed by atoms with Gasteiger partial charge in [-0.15, -0.1) is 11.3 Å². The van der Waals surface area contributed by atoms with E-state index in [1.807, 2.05) is 13.8 Å². The number of rotatable bonds is 8. The fourth-order valence-electron chi connectivity index (χ4n) is 3.14. The lowest BCUT2D eigenvalue weighted by Gasteiger charge is -2.40. The minimum Gasteiger partial charge on any atom is -0.476 e. The molecule has 1 aliphatic heterocycles. The molecular formula is C22H33N3O8S. The number of nitrogens with zero attached hydrogens (tertiary/aromatic N) is 2. The van der Waals surface area contributed by atoms with E-state index in [-0.39, 0.29) is 42.8 Å². The van der Waals surface area contributed by atoms with Crippen molar-refractivity contribution < 1.29 is 38.5 Å². The Bertz CT molecular complexity index is 935. The third kappa shape index (κ3) is 7.94. The molecule has 0 spiro atoms. The number of anilines is 1. The first kappa shape index (κ1) is 27.5. The molecule has 1 unspecified atom stereocenters. The first-order valence-electron chi connectivity index (χ1n) is 10.9. The summed E-state index contributed by atoms with van der Waals surface area (Å²) in [5.41, 5.74) is -3.49. The number of amides is 1. The van der Waals surface area contributed by atoms with Gasteiger partial charge < -0.3 is 24.2 Å². The van der Waals surface area contributed by atoms with Crippen LogP contribution < -0.4 is 5.32 Å². The Morgan fingerprint density at radius 1 is 1.32 bits per heavy atom. The number of hydrogen-bond donors (Lipinski definition) is 2. The molecule has 2 N–H and O–H groups in total. The molecule has 12 heteroatoms. The summed E-state index contributed by atoms with van der Waals surface area (Å²) in [4.78, 5) is 46.6. The van der Waals surface area contributed by atoms with Crippen molar-refractivity contribution in [1.82, 2.24) is 4.98 Å². The molecule has 34 heavy (non-hydrogen) atoms. The number of oxime groups is 1. The van der Waals surface area contributed by atoms with Crippen LogP contribution in [0.3, 0.4) is 0 Å². The monoisotopic (exact) mass is 499 g/mol. The molecule has 11 nitrogen and oxygen atoms in total. The van der Waals surface area contributed by atoms with Gasteiger partial charge in [-0.1, -0.05) is 19.0 Å². The van der Waals surface area contributed by atoms with Crippen LogP contribution in [0.2, 0.25) is 0 Å². The largest absolute Gasteiger partial charge is 0.476 e. The Morgan fingerprint density at radius 2 is 2.00 bits per heavy atom. The zero-order valence-corrected chi connectivity index (χ0v) is 21.4. The molecule has 1 aliphatic rings. The first-order chi connectivity index (χ1) is 15.6. The Kier molecular flexibility index (Phi) is 8.65. The molecule has 1 fully saturated rings. The summed E-state index contributed by atoms with van der Waals surface area (Å²) in [7, 11) is 0. The van der Waals surface area contributed by atoms with Crippen molar-refractivity contribution in [2.75, 3.05) is 18.5 Å². The van der Waals surface area contributed by atoms with E-state index in [1.165, 1.54) is 5.38 Å². The Morgan fingerprint density at radius 3 is 2.56 bits per heavy atom. The van der Waals surface area contributed by atoms with Crippen LogP contribution in [-0.2, 0) is 28.6 Å². The number of nitrogens with one attached hydrogen (secondary N) is 1. The van der Waals surface area contributed by atoms with Crippen molar-refractivity contribution in [3.8, 4) is 0 Å². The van der Waals surface area contributed by atoms with Crippen LogP contribution in [0.4, 0.5) is 9.93 Å². The number of thiazole rings is 1. The third-order valence-corrected chi connectivity index (χ3v) is 5.26. The minimum absolute atomic E-state index is 0.0411. The summed E-state index contributed by atoms with van der Waals surface area (Å²) in [5, 5.41) is 17.5. The number of carboxylic acid groups (broad SMARTS) is 1. The predicted octanol–water partition coefficient (Wildman–Crippen LogP) is 3.82. The fourth-order valence-corrected chi connectivity index (χ4v) is 3.82. The molecule has 1 aromatic rings. The number of aliphatic carboxylic acids is 1. The average Bonchev–Trinajstić information content (AvgIpc) is 3.11. The number of carbonyl (C=O) groups is 3. The van der Waals surface area contributed by atoms with Crippen LogP contribution in [0.25, 0.3) is 0 Å². The van der Waals surface area contributed by atoms with E-state index in [2.05, 4.69) is 15.5 Å². The van der Waals surface area contributed by atoms with Gasteiger partial charge in [-0.2, -0.15) is 0 Å². The van der Waals surface area contributed by atoms with Crippen LogP contribution in [-0.4, -0.2) is 63.9 Å². The lowest BCUT2D eigenvalue weighted by atomic mass is 9.84. The fraction of sp³-hybridized carbons (Fsp3) is 0.682. The number of hydrogen-bond acceptors (Lipinski definition) is 10. The van der Waals surface area contributed by atoms with Crippen LogP contribution in [0.15, 0.2) is 10.5 Å². The molecule has 2 heterocycles. The molecule has 0 saturated carbocycles. The summed E-state index contributed by atoms with van der Waals surface area (Å²) in [6, 6.07) is 0. The normalized spacial score (nSPS) is 20.5. The average molecular weight is 500 g/mol. The highest BCUT2D eigenvalue weighted by molar-refractivity contribution is 7.14. The highest BCUT2D eigenvalue weighted by Gasteiger charge is 2.51. The quantitative estimate of drug-likeness (QED) is 0.309. The summed E-state index contributed by atoms with van der Waals surface area (Å²) < 4.78 is 16.3.